The summed E-state index contributed by atoms with van der Waals surface area (Å²) in [5.41, 5.74) is 1.07. The number of hydrogen-bond donors (Lipinski definition) is 3. The summed E-state index contributed by atoms with van der Waals surface area (Å²) in [4.78, 5) is 14.4. The van der Waals surface area contributed by atoms with Crippen LogP contribution < -0.4 is 15.5 Å². The second kappa shape index (κ2) is 8.76. The van der Waals surface area contributed by atoms with Gasteiger partial charge >= 0.3 is 12.2 Å². The molecule has 190 valence electrons. The third-order valence-corrected chi connectivity index (χ3v) is 6.41. The number of alkyl halides is 3. The number of carbonyl (C=O) groups excluding carboxylic acids is 1. The Labute approximate surface area is 209 Å². The lowest BCUT2D eigenvalue weighted by molar-refractivity contribution is -0.138. The number of aromatic hydroxyl groups is 1. The molecule has 0 aliphatic carbocycles. The second-order valence-corrected chi connectivity index (χ2v) is 10.7. The predicted octanol–water partition coefficient (Wildman–Crippen LogP) is 7.78. The molecular formula is C28H30F3N3O2. The summed E-state index contributed by atoms with van der Waals surface area (Å²) in [5, 5.41) is 16.2. The van der Waals surface area contributed by atoms with Crippen LogP contribution in [-0.2, 0) is 17.0 Å². The molecule has 0 aromatic heterocycles. The standard InChI is InChI=1S/C28H30F3N3O2/c1-26(2,3)17-10-12-18(13-11-17)32-25(36)33-20-8-6-7-9-21(20)34-16-27(4,5)23-19(28(29,30)31)14-15-22(35)24(23)34/h6-15,35H,16H2,1-5H3,(H2,32,33,36). The average Bonchev–Trinajstić information content (AvgIpc) is 3.05. The second-order valence-electron chi connectivity index (χ2n) is 10.7. The first-order valence-corrected chi connectivity index (χ1v) is 11.7. The molecule has 1 heterocycles. The minimum absolute atomic E-state index is 0.0168. The molecule has 0 radical (unpaired) electrons. The van der Waals surface area contributed by atoms with E-state index in [4.69, 9.17) is 0 Å². The Morgan fingerprint density at radius 3 is 2.19 bits per heavy atom. The molecule has 0 saturated heterocycles. The highest BCUT2D eigenvalue weighted by molar-refractivity contribution is 6.02. The van der Waals surface area contributed by atoms with Crippen molar-refractivity contribution in [1.29, 1.82) is 0 Å². The van der Waals surface area contributed by atoms with Gasteiger partial charge < -0.3 is 20.6 Å². The number of anilines is 4. The molecule has 0 saturated carbocycles. The third-order valence-electron chi connectivity index (χ3n) is 6.41. The third kappa shape index (κ3) is 4.85. The molecule has 8 heteroatoms. The molecule has 1 aliphatic heterocycles. The van der Waals surface area contributed by atoms with Gasteiger partial charge in [0.15, 0.2) is 0 Å². The summed E-state index contributed by atoms with van der Waals surface area (Å²) in [6.45, 7) is 9.93. The molecule has 0 atom stereocenters. The highest BCUT2D eigenvalue weighted by Crippen LogP contribution is 2.54. The van der Waals surface area contributed by atoms with Crippen molar-refractivity contribution >= 4 is 28.8 Å². The highest BCUT2D eigenvalue weighted by atomic mass is 19.4. The van der Waals surface area contributed by atoms with E-state index in [1.165, 1.54) is 0 Å². The van der Waals surface area contributed by atoms with Crippen LogP contribution in [0.4, 0.5) is 40.7 Å². The van der Waals surface area contributed by atoms with Crippen LogP contribution in [0.15, 0.2) is 60.7 Å². The van der Waals surface area contributed by atoms with Crippen LogP contribution in [0.5, 0.6) is 5.75 Å². The van der Waals surface area contributed by atoms with E-state index in [0.29, 0.717) is 17.1 Å². The fraction of sp³-hybridized carbons (Fsp3) is 0.321. The molecule has 0 spiro atoms. The number of benzene rings is 3. The predicted molar refractivity (Wildman–Crippen MR) is 137 cm³/mol. The summed E-state index contributed by atoms with van der Waals surface area (Å²) >= 11 is 0. The van der Waals surface area contributed by atoms with Gasteiger partial charge in [-0.3, -0.25) is 0 Å². The molecule has 3 aromatic rings. The number of nitrogens with zero attached hydrogens (tertiary/aromatic N) is 1. The van der Waals surface area contributed by atoms with Crippen molar-refractivity contribution in [3.63, 3.8) is 0 Å². The van der Waals surface area contributed by atoms with E-state index in [1.54, 1.807) is 43.0 Å². The van der Waals surface area contributed by atoms with E-state index in [1.807, 2.05) is 24.3 Å². The fourth-order valence-corrected chi connectivity index (χ4v) is 4.69. The van der Waals surface area contributed by atoms with Gasteiger partial charge in [0.2, 0.25) is 0 Å². The molecule has 3 aromatic carbocycles. The Morgan fingerprint density at radius 1 is 0.944 bits per heavy atom. The van der Waals surface area contributed by atoms with Crippen molar-refractivity contribution in [3.05, 3.63) is 77.4 Å². The normalized spacial score (nSPS) is 14.9. The van der Waals surface area contributed by atoms with Gasteiger partial charge in [-0.1, -0.05) is 58.9 Å². The highest BCUT2D eigenvalue weighted by Gasteiger charge is 2.46. The zero-order chi connectivity index (χ0) is 26.5. The molecule has 1 aliphatic rings. The van der Waals surface area contributed by atoms with Gasteiger partial charge in [-0.15, -0.1) is 0 Å². The van der Waals surface area contributed by atoms with Gasteiger partial charge in [-0.2, -0.15) is 13.2 Å². The van der Waals surface area contributed by atoms with E-state index in [9.17, 15) is 23.1 Å². The van der Waals surface area contributed by atoms with E-state index in [0.717, 1.165) is 17.7 Å². The Balaban J connectivity index is 1.65. The molecule has 0 bridgehead atoms. The van der Waals surface area contributed by atoms with Crippen molar-refractivity contribution < 1.29 is 23.1 Å². The van der Waals surface area contributed by atoms with E-state index in [-0.39, 0.29) is 29.0 Å². The maximum absolute atomic E-state index is 13.8. The fourth-order valence-electron chi connectivity index (χ4n) is 4.69. The molecule has 0 fully saturated rings. The van der Waals surface area contributed by atoms with Gasteiger partial charge in [0, 0.05) is 17.6 Å². The van der Waals surface area contributed by atoms with Crippen LogP contribution in [0.1, 0.15) is 51.3 Å². The zero-order valence-corrected chi connectivity index (χ0v) is 20.9. The number of para-hydroxylation sites is 2. The number of nitrogens with one attached hydrogen (secondary N) is 2. The summed E-state index contributed by atoms with van der Waals surface area (Å²) in [6.07, 6.45) is -4.56. The van der Waals surface area contributed by atoms with Crippen molar-refractivity contribution in [2.75, 3.05) is 22.1 Å². The first kappa shape index (κ1) is 25.4. The summed E-state index contributed by atoms with van der Waals surface area (Å²) in [5.74, 6) is -0.248. The zero-order valence-electron chi connectivity index (χ0n) is 20.9. The van der Waals surface area contributed by atoms with Crippen LogP contribution in [0.2, 0.25) is 0 Å². The lowest BCUT2D eigenvalue weighted by Crippen LogP contribution is -2.27. The smallest absolute Gasteiger partial charge is 0.416 e. The summed E-state index contributed by atoms with van der Waals surface area (Å²) in [7, 11) is 0. The molecular weight excluding hydrogens is 467 g/mol. The van der Waals surface area contributed by atoms with E-state index in [2.05, 4.69) is 31.4 Å². The van der Waals surface area contributed by atoms with Gasteiger partial charge in [0.25, 0.3) is 0 Å². The monoisotopic (exact) mass is 497 g/mol. The average molecular weight is 498 g/mol. The Kier molecular flexibility index (Phi) is 6.19. The molecule has 2 amide bonds. The Hall–Kier alpha value is -3.68. The van der Waals surface area contributed by atoms with Crippen molar-refractivity contribution in [2.45, 2.75) is 51.6 Å². The lowest BCUT2D eigenvalue weighted by atomic mass is 9.83. The van der Waals surface area contributed by atoms with Crippen LogP contribution in [0, 0.1) is 0 Å². The first-order chi connectivity index (χ1) is 16.7. The van der Waals surface area contributed by atoms with Crippen molar-refractivity contribution in [2.24, 2.45) is 0 Å². The number of fused-ring (bicyclic) bond motifs is 1. The van der Waals surface area contributed by atoms with Gasteiger partial charge in [-0.05, 0) is 52.9 Å². The number of hydrogen-bond acceptors (Lipinski definition) is 3. The number of phenols is 1. The number of phenolic OH excluding ortho intramolecular Hbond substituents is 1. The van der Waals surface area contributed by atoms with Gasteiger partial charge in [0.05, 0.1) is 22.6 Å². The van der Waals surface area contributed by atoms with Crippen LogP contribution >= 0.6 is 0 Å². The number of urea groups is 1. The minimum atomic E-state index is -4.56. The van der Waals surface area contributed by atoms with Crippen molar-refractivity contribution in [3.8, 4) is 5.75 Å². The largest absolute Gasteiger partial charge is 0.506 e. The van der Waals surface area contributed by atoms with E-state index >= 15 is 0 Å². The Bertz CT molecular complexity index is 1290. The van der Waals surface area contributed by atoms with Gasteiger partial charge in [0.1, 0.15) is 5.75 Å². The number of rotatable bonds is 3. The quantitative estimate of drug-likeness (QED) is 0.346. The van der Waals surface area contributed by atoms with Gasteiger partial charge in [-0.25, -0.2) is 4.79 Å². The van der Waals surface area contributed by atoms with Crippen LogP contribution in [0.25, 0.3) is 0 Å². The molecule has 3 N–H and O–H groups in total. The minimum Gasteiger partial charge on any atom is -0.506 e. The maximum atomic E-state index is 13.8. The molecule has 5 nitrogen and oxygen atoms in total. The van der Waals surface area contributed by atoms with Crippen molar-refractivity contribution in [1.82, 2.24) is 0 Å². The SMILES string of the molecule is CC(C)(C)c1ccc(NC(=O)Nc2ccccc2N2CC(C)(C)c3c(C(F)(F)F)ccc(O)c32)cc1. The number of halogens is 3. The summed E-state index contributed by atoms with van der Waals surface area (Å²) in [6, 6.07) is 15.9. The molecule has 36 heavy (non-hydrogen) atoms. The molecule has 4 rings (SSSR count). The number of carbonyl (C=O) groups is 1. The van der Waals surface area contributed by atoms with Crippen LogP contribution in [-0.4, -0.2) is 17.7 Å². The Morgan fingerprint density at radius 2 is 1.58 bits per heavy atom. The molecule has 0 unspecified atom stereocenters. The van der Waals surface area contributed by atoms with Crippen LogP contribution in [0.3, 0.4) is 0 Å². The first-order valence-electron chi connectivity index (χ1n) is 11.7. The van der Waals surface area contributed by atoms with E-state index < -0.39 is 23.2 Å². The summed E-state index contributed by atoms with van der Waals surface area (Å²) < 4.78 is 41.5. The maximum Gasteiger partial charge on any atom is 0.416 e. The number of amides is 2. The topological polar surface area (TPSA) is 64.6 Å². The lowest BCUT2D eigenvalue weighted by Gasteiger charge is -2.25.